The number of carbonyl (C=O) groups excluding carboxylic acids is 2. The fourth-order valence-corrected chi connectivity index (χ4v) is 1.40. The van der Waals surface area contributed by atoms with Crippen molar-refractivity contribution in [3.63, 3.8) is 0 Å². The van der Waals surface area contributed by atoms with Gasteiger partial charge in [-0.2, -0.15) is 0 Å². The van der Waals surface area contributed by atoms with Gasteiger partial charge in [-0.1, -0.05) is 0 Å². The highest BCUT2D eigenvalue weighted by Crippen LogP contribution is 2.12. The van der Waals surface area contributed by atoms with Gasteiger partial charge in [-0.3, -0.25) is 9.59 Å². The van der Waals surface area contributed by atoms with Crippen molar-refractivity contribution >= 4 is 11.9 Å². The molecule has 0 heterocycles. The van der Waals surface area contributed by atoms with Crippen molar-refractivity contribution in [2.75, 3.05) is 33.9 Å². The van der Waals surface area contributed by atoms with Crippen LogP contribution in [0.3, 0.4) is 0 Å². The van der Waals surface area contributed by atoms with E-state index in [-0.39, 0.29) is 18.4 Å². The molecular formula is C12H23NO4. The number of ether oxygens (including phenoxy) is 2. The number of carbonyl (C=O) groups is 2. The molecule has 0 aromatic heterocycles. The molecule has 0 aliphatic heterocycles. The van der Waals surface area contributed by atoms with Crippen LogP contribution in [-0.2, 0) is 19.1 Å². The van der Waals surface area contributed by atoms with Gasteiger partial charge in [0.25, 0.3) is 0 Å². The lowest BCUT2D eigenvalue weighted by molar-refractivity contribution is -0.155. The van der Waals surface area contributed by atoms with Gasteiger partial charge in [-0.05, 0) is 40.9 Å². The van der Waals surface area contributed by atoms with Crippen molar-refractivity contribution in [1.29, 1.82) is 0 Å². The lowest BCUT2D eigenvalue weighted by Gasteiger charge is -2.17. The highest BCUT2D eigenvalue weighted by Gasteiger charge is 2.23. The molecule has 1 atom stereocenters. The zero-order chi connectivity index (χ0) is 13.3. The van der Waals surface area contributed by atoms with Gasteiger partial charge >= 0.3 is 11.9 Å². The van der Waals surface area contributed by atoms with E-state index in [0.717, 1.165) is 6.54 Å². The molecule has 0 radical (unpaired) electrons. The fourth-order valence-electron chi connectivity index (χ4n) is 1.40. The molecule has 0 amide bonds. The predicted octanol–water partition coefficient (Wildman–Crippen LogP) is 1.07. The average Bonchev–Trinajstić information content (AvgIpc) is 2.24. The fraction of sp³-hybridized carbons (Fsp3) is 0.833. The molecule has 0 aromatic rings. The molecule has 0 aliphatic rings. The Hall–Kier alpha value is -1.10. The second-order valence-electron chi connectivity index (χ2n) is 4.05. The summed E-state index contributed by atoms with van der Waals surface area (Å²) in [5, 5.41) is 0. The first-order valence-electron chi connectivity index (χ1n) is 5.98. The van der Waals surface area contributed by atoms with Crippen LogP contribution in [0.5, 0.6) is 0 Å². The zero-order valence-corrected chi connectivity index (χ0v) is 11.2. The van der Waals surface area contributed by atoms with E-state index < -0.39 is 5.92 Å². The van der Waals surface area contributed by atoms with Gasteiger partial charge in [0, 0.05) is 0 Å². The topological polar surface area (TPSA) is 55.8 Å². The van der Waals surface area contributed by atoms with Crippen LogP contribution >= 0.6 is 0 Å². The third-order valence-electron chi connectivity index (χ3n) is 2.26. The summed E-state index contributed by atoms with van der Waals surface area (Å²) >= 11 is 0. The summed E-state index contributed by atoms with van der Waals surface area (Å²) in [6, 6.07) is 0. The van der Waals surface area contributed by atoms with Crippen LogP contribution in [0.15, 0.2) is 0 Å². The van der Waals surface area contributed by atoms with Gasteiger partial charge in [-0.15, -0.1) is 0 Å². The molecule has 100 valence electrons. The van der Waals surface area contributed by atoms with Crippen molar-refractivity contribution in [3.05, 3.63) is 0 Å². The van der Waals surface area contributed by atoms with E-state index in [1.54, 1.807) is 13.8 Å². The van der Waals surface area contributed by atoms with Crippen molar-refractivity contribution in [3.8, 4) is 0 Å². The molecule has 17 heavy (non-hydrogen) atoms. The average molecular weight is 245 g/mol. The Morgan fingerprint density at radius 2 is 1.71 bits per heavy atom. The Morgan fingerprint density at radius 1 is 1.12 bits per heavy atom. The van der Waals surface area contributed by atoms with E-state index in [2.05, 4.69) is 0 Å². The maximum absolute atomic E-state index is 11.6. The van der Waals surface area contributed by atoms with Gasteiger partial charge in [0.1, 0.15) is 0 Å². The molecule has 0 spiro atoms. The van der Waals surface area contributed by atoms with Crippen LogP contribution in [0.2, 0.25) is 0 Å². The minimum atomic E-state index is -0.406. The SMILES string of the molecule is CCOC(=O)CC(CCN(C)C)C(=O)OCC. The Bertz CT molecular complexity index is 241. The predicted molar refractivity (Wildman–Crippen MR) is 64.5 cm³/mol. The van der Waals surface area contributed by atoms with Crippen LogP contribution in [0.1, 0.15) is 26.7 Å². The van der Waals surface area contributed by atoms with E-state index in [0.29, 0.717) is 19.6 Å². The monoisotopic (exact) mass is 245 g/mol. The number of hydrogen-bond acceptors (Lipinski definition) is 5. The van der Waals surface area contributed by atoms with Gasteiger partial charge in [0.2, 0.25) is 0 Å². The Balaban J connectivity index is 4.28. The van der Waals surface area contributed by atoms with Crippen LogP contribution in [0, 0.1) is 5.92 Å². The Labute approximate surface area is 103 Å². The zero-order valence-electron chi connectivity index (χ0n) is 11.2. The third kappa shape index (κ3) is 7.74. The summed E-state index contributed by atoms with van der Waals surface area (Å²) in [6.07, 6.45) is 0.700. The normalized spacial score (nSPS) is 12.3. The quantitative estimate of drug-likeness (QED) is 0.599. The smallest absolute Gasteiger partial charge is 0.309 e. The minimum absolute atomic E-state index is 0.0977. The maximum atomic E-state index is 11.6. The Morgan fingerprint density at radius 3 is 2.18 bits per heavy atom. The second-order valence-corrected chi connectivity index (χ2v) is 4.05. The van der Waals surface area contributed by atoms with E-state index >= 15 is 0 Å². The minimum Gasteiger partial charge on any atom is -0.466 e. The molecule has 1 unspecified atom stereocenters. The number of hydrogen-bond donors (Lipinski definition) is 0. The highest BCUT2D eigenvalue weighted by atomic mass is 16.5. The lowest BCUT2D eigenvalue weighted by Crippen LogP contribution is -2.26. The lowest BCUT2D eigenvalue weighted by atomic mass is 10.0. The van der Waals surface area contributed by atoms with Crippen LogP contribution in [0.25, 0.3) is 0 Å². The number of esters is 2. The van der Waals surface area contributed by atoms with Crippen LogP contribution in [0.4, 0.5) is 0 Å². The van der Waals surface area contributed by atoms with Gasteiger partial charge in [0.05, 0.1) is 25.6 Å². The second kappa shape index (κ2) is 8.98. The molecule has 0 N–H and O–H groups in total. The van der Waals surface area contributed by atoms with E-state index in [9.17, 15) is 9.59 Å². The first-order chi connectivity index (χ1) is 8.01. The molecule has 0 fully saturated rings. The van der Waals surface area contributed by atoms with Gasteiger partial charge < -0.3 is 14.4 Å². The largest absolute Gasteiger partial charge is 0.466 e. The van der Waals surface area contributed by atoms with Crippen LogP contribution in [-0.4, -0.2) is 50.7 Å². The number of nitrogens with zero attached hydrogens (tertiary/aromatic N) is 1. The molecule has 0 saturated heterocycles. The molecule has 0 rings (SSSR count). The van der Waals surface area contributed by atoms with Crippen molar-refractivity contribution < 1.29 is 19.1 Å². The Kier molecular flexibility index (Phi) is 8.40. The number of rotatable bonds is 8. The maximum Gasteiger partial charge on any atom is 0.309 e. The van der Waals surface area contributed by atoms with Crippen molar-refractivity contribution in [2.45, 2.75) is 26.7 Å². The van der Waals surface area contributed by atoms with Crippen molar-refractivity contribution in [1.82, 2.24) is 4.90 Å². The molecule has 5 nitrogen and oxygen atoms in total. The molecule has 5 heteroatoms. The van der Waals surface area contributed by atoms with Gasteiger partial charge in [0.15, 0.2) is 0 Å². The van der Waals surface area contributed by atoms with E-state index in [1.165, 1.54) is 0 Å². The summed E-state index contributed by atoms with van der Waals surface area (Å²) < 4.78 is 9.80. The summed E-state index contributed by atoms with van der Waals surface area (Å²) in [7, 11) is 3.85. The molecule has 0 bridgehead atoms. The first-order valence-corrected chi connectivity index (χ1v) is 5.98. The van der Waals surface area contributed by atoms with E-state index in [1.807, 2.05) is 19.0 Å². The summed E-state index contributed by atoms with van der Waals surface area (Å²) in [5.74, 6) is -1.07. The summed E-state index contributed by atoms with van der Waals surface area (Å²) in [6.45, 7) is 4.91. The van der Waals surface area contributed by atoms with Gasteiger partial charge in [-0.25, -0.2) is 0 Å². The molecule has 0 aromatic carbocycles. The molecule has 0 aliphatic carbocycles. The van der Waals surface area contributed by atoms with Crippen LogP contribution < -0.4 is 0 Å². The summed E-state index contributed by atoms with van der Waals surface area (Å²) in [4.78, 5) is 25.0. The first kappa shape index (κ1) is 15.9. The molecule has 0 saturated carbocycles. The third-order valence-corrected chi connectivity index (χ3v) is 2.26. The highest BCUT2D eigenvalue weighted by molar-refractivity contribution is 5.79. The molecular weight excluding hydrogens is 222 g/mol. The standard InChI is InChI=1S/C12H23NO4/c1-5-16-11(14)9-10(7-8-13(3)4)12(15)17-6-2/h10H,5-9H2,1-4H3. The summed E-state index contributed by atoms with van der Waals surface area (Å²) in [5.41, 5.74) is 0. The van der Waals surface area contributed by atoms with E-state index in [4.69, 9.17) is 9.47 Å². The van der Waals surface area contributed by atoms with Crippen molar-refractivity contribution in [2.24, 2.45) is 5.92 Å².